The Morgan fingerprint density at radius 1 is 0.931 bits per heavy atom. The summed E-state index contributed by atoms with van der Waals surface area (Å²) in [6.45, 7) is 3.40. The lowest BCUT2D eigenvalue weighted by Gasteiger charge is -2.32. The summed E-state index contributed by atoms with van der Waals surface area (Å²) < 4.78 is 0. The molecule has 2 aliphatic heterocycles. The molecule has 2 aromatic carbocycles. The number of benzene rings is 2. The summed E-state index contributed by atoms with van der Waals surface area (Å²) in [6.07, 6.45) is 4.54. The topological polar surface area (TPSA) is 52.7 Å². The third kappa shape index (κ3) is 4.97. The number of nitrogens with one attached hydrogen (secondary N) is 1. The highest BCUT2D eigenvalue weighted by atomic mass is 16.2. The van der Waals surface area contributed by atoms with Gasteiger partial charge in [0.05, 0.1) is 12.3 Å². The zero-order valence-corrected chi connectivity index (χ0v) is 16.8. The molecule has 0 aliphatic carbocycles. The lowest BCUT2D eigenvalue weighted by molar-refractivity contribution is -0.133. The second kappa shape index (κ2) is 9.12. The van der Waals surface area contributed by atoms with Gasteiger partial charge in [-0.05, 0) is 49.4 Å². The minimum absolute atomic E-state index is 0.0146. The van der Waals surface area contributed by atoms with Gasteiger partial charge in [-0.3, -0.25) is 9.59 Å². The highest BCUT2D eigenvalue weighted by Gasteiger charge is 2.28. The average Bonchev–Trinajstić information content (AvgIpc) is 3.30. The Morgan fingerprint density at radius 3 is 2.52 bits per heavy atom. The first kappa shape index (κ1) is 19.5. The molecule has 2 saturated heterocycles. The molecule has 0 unspecified atom stereocenters. The monoisotopic (exact) mass is 391 g/mol. The Morgan fingerprint density at radius 2 is 1.72 bits per heavy atom. The second-order valence-electron chi connectivity index (χ2n) is 8.08. The van der Waals surface area contributed by atoms with E-state index in [2.05, 4.69) is 22.3 Å². The van der Waals surface area contributed by atoms with E-state index in [0.717, 1.165) is 43.7 Å². The van der Waals surface area contributed by atoms with E-state index >= 15 is 0 Å². The molecule has 0 radical (unpaired) electrons. The van der Waals surface area contributed by atoms with Crippen molar-refractivity contribution >= 4 is 23.2 Å². The predicted molar refractivity (Wildman–Crippen MR) is 116 cm³/mol. The van der Waals surface area contributed by atoms with E-state index in [0.29, 0.717) is 13.0 Å². The van der Waals surface area contributed by atoms with Crippen molar-refractivity contribution in [2.75, 3.05) is 36.4 Å². The third-order valence-corrected chi connectivity index (χ3v) is 5.93. The van der Waals surface area contributed by atoms with Crippen molar-refractivity contribution in [3.63, 3.8) is 0 Å². The molecular formula is C24H29N3O2. The molecule has 5 heteroatoms. The van der Waals surface area contributed by atoms with E-state index in [4.69, 9.17) is 0 Å². The number of amides is 2. The summed E-state index contributed by atoms with van der Waals surface area (Å²) in [4.78, 5) is 29.7. The molecule has 0 spiro atoms. The molecule has 0 bridgehead atoms. The number of carbonyl (C=O) groups excluding carboxylic acids is 2. The fraction of sp³-hybridized carbons (Fsp3) is 0.417. The van der Waals surface area contributed by atoms with Crippen molar-refractivity contribution in [3.8, 4) is 0 Å². The number of hydrogen-bond acceptors (Lipinski definition) is 3. The zero-order chi connectivity index (χ0) is 20.1. The number of piperidine rings is 1. The van der Waals surface area contributed by atoms with Crippen LogP contribution >= 0.6 is 0 Å². The van der Waals surface area contributed by atoms with Crippen LogP contribution in [-0.4, -0.2) is 42.9 Å². The van der Waals surface area contributed by atoms with Crippen molar-refractivity contribution < 1.29 is 9.59 Å². The molecular weight excluding hydrogens is 362 g/mol. The normalized spacial score (nSPS) is 19.2. The number of nitrogens with zero attached hydrogens (tertiary/aromatic N) is 2. The summed E-state index contributed by atoms with van der Waals surface area (Å²) in [6, 6.07) is 17.9. The quantitative estimate of drug-likeness (QED) is 0.845. The Balaban J connectivity index is 1.35. The van der Waals surface area contributed by atoms with Crippen LogP contribution in [0.25, 0.3) is 0 Å². The molecule has 2 aromatic rings. The largest absolute Gasteiger partial charge is 0.371 e. The van der Waals surface area contributed by atoms with Gasteiger partial charge in [0.25, 0.3) is 0 Å². The first-order valence-corrected chi connectivity index (χ1v) is 10.7. The van der Waals surface area contributed by atoms with Gasteiger partial charge in [-0.15, -0.1) is 0 Å². The molecule has 2 fully saturated rings. The summed E-state index contributed by atoms with van der Waals surface area (Å²) in [7, 11) is 0. The average molecular weight is 392 g/mol. The zero-order valence-electron chi connectivity index (χ0n) is 16.8. The van der Waals surface area contributed by atoms with Crippen molar-refractivity contribution in [1.82, 2.24) is 4.90 Å². The minimum atomic E-state index is -0.154. The van der Waals surface area contributed by atoms with Gasteiger partial charge in [-0.25, -0.2) is 0 Å². The molecule has 2 amide bonds. The van der Waals surface area contributed by atoms with Crippen LogP contribution in [0.5, 0.6) is 0 Å². The van der Waals surface area contributed by atoms with Crippen molar-refractivity contribution in [2.45, 2.75) is 32.1 Å². The first-order chi connectivity index (χ1) is 14.2. The van der Waals surface area contributed by atoms with Crippen LogP contribution in [0.1, 0.15) is 31.2 Å². The maximum Gasteiger partial charge on any atom is 0.229 e. The van der Waals surface area contributed by atoms with E-state index in [1.165, 1.54) is 18.5 Å². The van der Waals surface area contributed by atoms with Crippen molar-refractivity contribution in [3.05, 3.63) is 60.2 Å². The molecule has 1 atom stereocenters. The lowest BCUT2D eigenvalue weighted by Crippen LogP contribution is -2.44. The molecule has 2 heterocycles. The van der Waals surface area contributed by atoms with Crippen LogP contribution in [0, 0.1) is 5.92 Å². The van der Waals surface area contributed by atoms with Gasteiger partial charge in [-0.2, -0.15) is 0 Å². The summed E-state index contributed by atoms with van der Waals surface area (Å²) in [5, 5.41) is 3.08. The van der Waals surface area contributed by atoms with Gasteiger partial charge in [-0.1, -0.05) is 36.4 Å². The number of carbonyl (C=O) groups is 2. The van der Waals surface area contributed by atoms with E-state index in [1.807, 2.05) is 47.4 Å². The molecule has 0 aromatic heterocycles. The maximum absolute atomic E-state index is 12.9. The summed E-state index contributed by atoms with van der Waals surface area (Å²) >= 11 is 0. The smallest absolute Gasteiger partial charge is 0.229 e. The van der Waals surface area contributed by atoms with Crippen LogP contribution in [0.3, 0.4) is 0 Å². The number of likely N-dealkylation sites (tertiary alicyclic amines) is 1. The highest BCUT2D eigenvalue weighted by Crippen LogP contribution is 2.25. The Labute approximate surface area is 172 Å². The van der Waals surface area contributed by atoms with E-state index in [-0.39, 0.29) is 17.7 Å². The third-order valence-electron chi connectivity index (χ3n) is 5.93. The number of rotatable bonds is 5. The molecule has 1 N–H and O–H groups in total. The minimum Gasteiger partial charge on any atom is -0.371 e. The Bertz CT molecular complexity index is 846. The van der Waals surface area contributed by atoms with Gasteiger partial charge in [0, 0.05) is 37.6 Å². The van der Waals surface area contributed by atoms with Gasteiger partial charge in [0.2, 0.25) is 11.8 Å². The van der Waals surface area contributed by atoms with Crippen molar-refractivity contribution in [2.24, 2.45) is 5.92 Å². The van der Waals surface area contributed by atoms with Gasteiger partial charge in [0.1, 0.15) is 0 Å². The Hall–Kier alpha value is -2.82. The summed E-state index contributed by atoms with van der Waals surface area (Å²) in [5.74, 6) is -0.0376. The van der Waals surface area contributed by atoms with Gasteiger partial charge >= 0.3 is 0 Å². The van der Waals surface area contributed by atoms with E-state index in [1.54, 1.807) is 0 Å². The molecule has 2 aliphatic rings. The summed E-state index contributed by atoms with van der Waals surface area (Å²) in [5.41, 5.74) is 3.03. The molecule has 4 rings (SSSR count). The second-order valence-corrected chi connectivity index (χ2v) is 8.08. The fourth-order valence-corrected chi connectivity index (χ4v) is 4.30. The molecule has 0 saturated carbocycles. The number of anilines is 2. The van der Waals surface area contributed by atoms with Crippen LogP contribution in [0.4, 0.5) is 11.4 Å². The SMILES string of the molecule is O=C(Nc1cccc(N2CCCC2)c1)[C@@H]1CCCN(C(=O)Cc2ccccc2)C1. The molecule has 5 nitrogen and oxygen atoms in total. The molecule has 29 heavy (non-hydrogen) atoms. The first-order valence-electron chi connectivity index (χ1n) is 10.7. The van der Waals surface area contributed by atoms with Crippen LogP contribution < -0.4 is 10.2 Å². The highest BCUT2D eigenvalue weighted by molar-refractivity contribution is 5.93. The maximum atomic E-state index is 12.9. The lowest BCUT2D eigenvalue weighted by atomic mass is 9.96. The Kier molecular flexibility index (Phi) is 6.13. The van der Waals surface area contributed by atoms with Crippen LogP contribution in [0.15, 0.2) is 54.6 Å². The van der Waals surface area contributed by atoms with Gasteiger partial charge < -0.3 is 15.1 Å². The van der Waals surface area contributed by atoms with Crippen LogP contribution in [0.2, 0.25) is 0 Å². The number of hydrogen-bond donors (Lipinski definition) is 1. The van der Waals surface area contributed by atoms with Crippen LogP contribution in [-0.2, 0) is 16.0 Å². The van der Waals surface area contributed by atoms with Gasteiger partial charge in [0.15, 0.2) is 0 Å². The van der Waals surface area contributed by atoms with E-state index < -0.39 is 0 Å². The van der Waals surface area contributed by atoms with Crippen molar-refractivity contribution in [1.29, 1.82) is 0 Å². The standard InChI is InChI=1S/C24H29N3O2/c28-23(16-19-8-2-1-3-9-19)27-15-7-10-20(18-27)24(29)25-21-11-6-12-22(17-21)26-13-4-5-14-26/h1-3,6,8-9,11-12,17,20H,4-5,7,10,13-16,18H2,(H,25,29)/t20-/m1/s1. The fourth-order valence-electron chi connectivity index (χ4n) is 4.30. The van der Waals surface area contributed by atoms with E-state index in [9.17, 15) is 9.59 Å². The molecule has 152 valence electrons. The predicted octanol–water partition coefficient (Wildman–Crippen LogP) is 3.71.